The molecule has 2 rings (SSSR count). The molecule has 0 atom stereocenters. The van der Waals surface area contributed by atoms with Crippen LogP contribution in [0.3, 0.4) is 0 Å². The number of carbonyl (C=O) groups excluding carboxylic acids is 2. The lowest BCUT2D eigenvalue weighted by molar-refractivity contribution is -0.134. The number of hydrogen-bond donors (Lipinski definition) is 0. The highest BCUT2D eigenvalue weighted by atomic mass is 79.9. The highest BCUT2D eigenvalue weighted by molar-refractivity contribution is 9.10. The van der Waals surface area contributed by atoms with Gasteiger partial charge in [-0.25, -0.2) is 0 Å². The number of halogens is 1. The van der Waals surface area contributed by atoms with Gasteiger partial charge in [0.05, 0.1) is 6.54 Å². The van der Waals surface area contributed by atoms with E-state index in [4.69, 9.17) is 0 Å². The van der Waals surface area contributed by atoms with Crippen molar-refractivity contribution in [1.82, 2.24) is 14.7 Å². The topological polar surface area (TPSA) is 43.9 Å². The third-order valence-corrected chi connectivity index (χ3v) is 6.64. The molecule has 7 heteroatoms. The number of carbonyl (C=O) groups is 2. The van der Waals surface area contributed by atoms with Crippen LogP contribution in [-0.4, -0.2) is 78.1 Å². The smallest absolute Gasteiger partial charge is 0.236 e. The van der Waals surface area contributed by atoms with Gasteiger partial charge in [-0.05, 0) is 41.9 Å². The van der Waals surface area contributed by atoms with Gasteiger partial charge in [0, 0.05) is 60.8 Å². The maximum Gasteiger partial charge on any atom is 0.236 e. The van der Waals surface area contributed by atoms with E-state index in [-0.39, 0.29) is 11.8 Å². The molecule has 26 heavy (non-hydrogen) atoms. The van der Waals surface area contributed by atoms with Crippen LogP contribution in [0.1, 0.15) is 20.3 Å². The number of hydrogen-bond acceptors (Lipinski definition) is 4. The quantitative estimate of drug-likeness (QED) is 0.581. The first kappa shape index (κ1) is 21.3. The molecule has 0 bridgehead atoms. The highest BCUT2D eigenvalue weighted by Crippen LogP contribution is 2.27. The lowest BCUT2D eigenvalue weighted by Gasteiger charge is -2.35. The van der Waals surface area contributed by atoms with Gasteiger partial charge in [-0.2, -0.15) is 0 Å². The lowest BCUT2D eigenvalue weighted by atomic mass is 10.2. The normalized spacial score (nSPS) is 15.1. The molecule has 5 nitrogen and oxygen atoms in total. The number of amides is 2. The van der Waals surface area contributed by atoms with Gasteiger partial charge in [0.15, 0.2) is 0 Å². The summed E-state index contributed by atoms with van der Waals surface area (Å²) in [4.78, 5) is 31.7. The minimum absolute atomic E-state index is 0.180. The van der Waals surface area contributed by atoms with Crippen LogP contribution in [0.4, 0.5) is 0 Å². The van der Waals surface area contributed by atoms with Gasteiger partial charge in [-0.15, -0.1) is 11.8 Å². The van der Waals surface area contributed by atoms with Crippen LogP contribution >= 0.6 is 27.7 Å². The van der Waals surface area contributed by atoms with Crippen molar-refractivity contribution in [3.8, 4) is 0 Å². The Hall–Kier alpha value is -1.05. The molecule has 1 aromatic rings. The van der Waals surface area contributed by atoms with Crippen LogP contribution in [-0.2, 0) is 9.59 Å². The minimum Gasteiger partial charge on any atom is -0.342 e. The second kappa shape index (κ2) is 10.9. The van der Waals surface area contributed by atoms with Gasteiger partial charge < -0.3 is 9.80 Å². The minimum atomic E-state index is 0.180. The number of benzene rings is 1. The van der Waals surface area contributed by atoms with E-state index in [1.807, 2.05) is 41.8 Å². The van der Waals surface area contributed by atoms with Crippen molar-refractivity contribution in [2.75, 3.05) is 51.6 Å². The number of piperazine rings is 1. The molecule has 1 saturated heterocycles. The second-order valence-electron chi connectivity index (χ2n) is 6.25. The predicted octanol–water partition coefficient (Wildman–Crippen LogP) is 2.94. The summed E-state index contributed by atoms with van der Waals surface area (Å²) in [7, 11) is 0. The fourth-order valence-corrected chi connectivity index (χ4v) is 4.50. The second-order valence-corrected chi connectivity index (χ2v) is 8.24. The molecule has 0 saturated carbocycles. The molecule has 1 aliphatic rings. The summed E-state index contributed by atoms with van der Waals surface area (Å²) in [6, 6.07) is 8.07. The van der Waals surface area contributed by atoms with Gasteiger partial charge in [-0.3, -0.25) is 14.5 Å². The number of thioether (sulfide) groups is 1. The fourth-order valence-electron chi connectivity index (χ4n) is 2.99. The largest absolute Gasteiger partial charge is 0.342 e. The Morgan fingerprint density at radius 1 is 1.12 bits per heavy atom. The van der Waals surface area contributed by atoms with E-state index in [2.05, 4.69) is 26.9 Å². The molecule has 1 fully saturated rings. The molecule has 1 heterocycles. The van der Waals surface area contributed by atoms with E-state index >= 15 is 0 Å². The van der Waals surface area contributed by atoms with E-state index in [0.29, 0.717) is 26.1 Å². The van der Waals surface area contributed by atoms with E-state index in [1.165, 1.54) is 4.90 Å². The summed E-state index contributed by atoms with van der Waals surface area (Å²) in [6.07, 6.45) is 0.546. The van der Waals surface area contributed by atoms with Crippen LogP contribution < -0.4 is 0 Å². The molecule has 0 N–H and O–H groups in total. The maximum atomic E-state index is 12.4. The molecule has 0 spiro atoms. The zero-order valence-corrected chi connectivity index (χ0v) is 18.0. The van der Waals surface area contributed by atoms with E-state index < -0.39 is 0 Å². The standard InChI is InChI=1S/C19H28BrN3O2S/c1-3-22(4-2)19(25)15-21-10-12-23(13-11-21)18(24)9-14-26-17-8-6-5-7-16(17)20/h5-8H,3-4,9-15H2,1-2H3. The Balaban J connectivity index is 1.69. The fraction of sp³-hybridized carbons (Fsp3) is 0.579. The first-order valence-corrected chi connectivity index (χ1v) is 11.0. The highest BCUT2D eigenvalue weighted by Gasteiger charge is 2.23. The molecule has 0 aliphatic carbocycles. The van der Waals surface area contributed by atoms with Gasteiger partial charge in [0.2, 0.25) is 11.8 Å². The van der Waals surface area contributed by atoms with Crippen molar-refractivity contribution < 1.29 is 9.59 Å². The van der Waals surface area contributed by atoms with E-state index in [1.54, 1.807) is 11.8 Å². The number of likely N-dealkylation sites (N-methyl/N-ethyl adjacent to an activating group) is 1. The Morgan fingerprint density at radius 2 is 1.77 bits per heavy atom. The Bertz CT molecular complexity index is 602. The summed E-state index contributed by atoms with van der Waals surface area (Å²) in [5.74, 6) is 1.17. The molecule has 0 aromatic heterocycles. The summed E-state index contributed by atoms with van der Waals surface area (Å²) < 4.78 is 1.07. The van der Waals surface area contributed by atoms with Crippen LogP contribution in [0.2, 0.25) is 0 Å². The van der Waals surface area contributed by atoms with Crippen molar-refractivity contribution in [2.24, 2.45) is 0 Å². The predicted molar refractivity (Wildman–Crippen MR) is 110 cm³/mol. The molecule has 0 radical (unpaired) electrons. The summed E-state index contributed by atoms with van der Waals surface area (Å²) >= 11 is 5.24. The average Bonchev–Trinajstić information content (AvgIpc) is 2.65. The molecular formula is C19H28BrN3O2S. The van der Waals surface area contributed by atoms with Gasteiger partial charge in [0.25, 0.3) is 0 Å². The zero-order valence-electron chi connectivity index (χ0n) is 15.6. The van der Waals surface area contributed by atoms with E-state index in [9.17, 15) is 9.59 Å². The molecule has 144 valence electrons. The first-order valence-electron chi connectivity index (χ1n) is 9.20. The molecular weight excluding hydrogens is 414 g/mol. The van der Waals surface area contributed by atoms with Crippen molar-refractivity contribution >= 4 is 39.5 Å². The molecule has 2 amide bonds. The third-order valence-electron chi connectivity index (χ3n) is 4.61. The Morgan fingerprint density at radius 3 is 2.38 bits per heavy atom. The van der Waals surface area contributed by atoms with Crippen LogP contribution in [0.15, 0.2) is 33.6 Å². The molecule has 1 aliphatic heterocycles. The number of nitrogens with zero attached hydrogens (tertiary/aromatic N) is 3. The maximum absolute atomic E-state index is 12.4. The Labute approximate surface area is 169 Å². The SMILES string of the molecule is CCN(CC)C(=O)CN1CCN(C(=O)CCSc2ccccc2Br)CC1. The third kappa shape index (κ3) is 6.28. The van der Waals surface area contributed by atoms with Gasteiger partial charge >= 0.3 is 0 Å². The van der Waals surface area contributed by atoms with Crippen LogP contribution in [0.5, 0.6) is 0 Å². The van der Waals surface area contributed by atoms with Gasteiger partial charge in [0.1, 0.15) is 0 Å². The van der Waals surface area contributed by atoms with Crippen molar-refractivity contribution in [2.45, 2.75) is 25.2 Å². The zero-order chi connectivity index (χ0) is 18.9. The lowest BCUT2D eigenvalue weighted by Crippen LogP contribution is -2.51. The monoisotopic (exact) mass is 441 g/mol. The Kier molecular flexibility index (Phi) is 8.95. The van der Waals surface area contributed by atoms with E-state index in [0.717, 1.165) is 36.4 Å². The van der Waals surface area contributed by atoms with Crippen LogP contribution in [0, 0.1) is 0 Å². The average molecular weight is 442 g/mol. The van der Waals surface area contributed by atoms with Crippen molar-refractivity contribution in [1.29, 1.82) is 0 Å². The molecule has 0 unspecified atom stereocenters. The summed E-state index contributed by atoms with van der Waals surface area (Å²) in [5, 5.41) is 0. The number of rotatable bonds is 8. The summed E-state index contributed by atoms with van der Waals surface area (Å²) in [6.45, 7) is 8.95. The van der Waals surface area contributed by atoms with Crippen molar-refractivity contribution in [3.05, 3.63) is 28.7 Å². The first-order chi connectivity index (χ1) is 12.5. The summed E-state index contributed by atoms with van der Waals surface area (Å²) in [5.41, 5.74) is 0. The van der Waals surface area contributed by atoms with Crippen molar-refractivity contribution in [3.63, 3.8) is 0 Å². The molecule has 1 aromatic carbocycles. The van der Waals surface area contributed by atoms with Gasteiger partial charge in [-0.1, -0.05) is 12.1 Å². The van der Waals surface area contributed by atoms with Crippen LogP contribution in [0.25, 0.3) is 0 Å².